The smallest absolute Gasteiger partial charge is 0.0810 e. The fraction of sp³-hybridized carbons (Fsp3) is 1.00. The highest BCUT2D eigenvalue weighted by molar-refractivity contribution is 4.71. The molecule has 1 saturated heterocycles. The molecule has 0 aliphatic carbocycles. The lowest BCUT2D eigenvalue weighted by Gasteiger charge is -2.16. The minimum atomic E-state index is 0.636. The van der Waals surface area contributed by atoms with Gasteiger partial charge in [0.1, 0.15) is 0 Å². The predicted molar refractivity (Wildman–Crippen MR) is 98.5 cm³/mol. The largest absolute Gasteiger partial charge is 0.373 e. The molecular weight excluding hydrogens is 268 g/mol. The maximum Gasteiger partial charge on any atom is 0.0810 e. The minimum absolute atomic E-state index is 0.636. The van der Waals surface area contributed by atoms with E-state index >= 15 is 0 Å². The van der Waals surface area contributed by atoms with E-state index in [1.54, 1.807) is 0 Å². The van der Waals surface area contributed by atoms with E-state index in [2.05, 4.69) is 13.8 Å². The van der Waals surface area contributed by atoms with Gasteiger partial charge in [-0.25, -0.2) is 0 Å². The van der Waals surface area contributed by atoms with Crippen LogP contribution in [-0.4, -0.2) is 12.7 Å². The molecule has 2 atom stereocenters. The molecule has 0 amide bonds. The van der Waals surface area contributed by atoms with Crippen LogP contribution in [0.3, 0.4) is 0 Å². The van der Waals surface area contributed by atoms with E-state index in [0.717, 1.165) is 12.5 Å². The first kappa shape index (κ1) is 20.0. The molecule has 0 aromatic rings. The fourth-order valence-electron chi connectivity index (χ4n) is 3.52. The van der Waals surface area contributed by atoms with Crippen molar-refractivity contribution in [3.63, 3.8) is 0 Å². The number of ether oxygens (including phenoxy) is 1. The molecule has 1 nitrogen and oxygen atoms in total. The van der Waals surface area contributed by atoms with Crippen molar-refractivity contribution in [2.24, 2.45) is 5.92 Å². The number of rotatable bonds is 17. The first-order valence-electron chi connectivity index (χ1n) is 10.5. The quantitative estimate of drug-likeness (QED) is 0.203. The molecule has 0 bridgehead atoms. The summed E-state index contributed by atoms with van der Waals surface area (Å²) in [6.45, 7) is 5.65. The molecule has 1 aliphatic heterocycles. The molecule has 2 unspecified atom stereocenters. The van der Waals surface area contributed by atoms with Crippen LogP contribution in [0.2, 0.25) is 0 Å². The Morgan fingerprint density at radius 3 is 1.59 bits per heavy atom. The van der Waals surface area contributed by atoms with Gasteiger partial charge in [-0.1, -0.05) is 104 Å². The average Bonchev–Trinajstić information content (AvgIpc) is 3.35. The van der Waals surface area contributed by atoms with Gasteiger partial charge in [0.25, 0.3) is 0 Å². The third-order valence-corrected chi connectivity index (χ3v) is 5.23. The van der Waals surface area contributed by atoms with Gasteiger partial charge in [-0.15, -0.1) is 0 Å². The molecule has 1 rings (SSSR count). The Balaban J connectivity index is 2.00. The molecule has 0 spiro atoms. The summed E-state index contributed by atoms with van der Waals surface area (Å²) in [5, 5.41) is 0. The number of epoxide rings is 1. The van der Waals surface area contributed by atoms with Gasteiger partial charge in [-0.05, 0) is 18.8 Å². The molecule has 0 N–H and O–H groups in total. The van der Waals surface area contributed by atoms with Gasteiger partial charge in [-0.3, -0.25) is 0 Å². The summed E-state index contributed by atoms with van der Waals surface area (Å²) in [6, 6.07) is 0. The van der Waals surface area contributed by atoms with Crippen LogP contribution in [0.15, 0.2) is 0 Å². The van der Waals surface area contributed by atoms with Crippen LogP contribution in [0.1, 0.15) is 117 Å². The van der Waals surface area contributed by atoms with Gasteiger partial charge in [0.15, 0.2) is 0 Å². The lowest BCUT2D eigenvalue weighted by Crippen LogP contribution is -2.03. The summed E-state index contributed by atoms with van der Waals surface area (Å²) in [5.74, 6) is 0.987. The zero-order valence-corrected chi connectivity index (χ0v) is 15.6. The van der Waals surface area contributed by atoms with E-state index in [4.69, 9.17) is 4.74 Å². The van der Waals surface area contributed by atoms with Gasteiger partial charge in [0.05, 0.1) is 12.7 Å². The predicted octanol–water partition coefficient (Wildman–Crippen LogP) is 7.28. The third kappa shape index (κ3) is 12.5. The second-order valence-electron chi connectivity index (χ2n) is 7.51. The van der Waals surface area contributed by atoms with Crippen LogP contribution in [0.5, 0.6) is 0 Å². The van der Waals surface area contributed by atoms with Crippen molar-refractivity contribution in [2.75, 3.05) is 6.61 Å². The Morgan fingerprint density at radius 2 is 1.14 bits per heavy atom. The first-order chi connectivity index (χ1) is 10.9. The summed E-state index contributed by atoms with van der Waals surface area (Å²) in [6.07, 6.45) is 23.6. The van der Waals surface area contributed by atoms with E-state index in [1.165, 1.54) is 103 Å². The van der Waals surface area contributed by atoms with Gasteiger partial charge in [0, 0.05) is 0 Å². The van der Waals surface area contributed by atoms with Crippen LogP contribution < -0.4 is 0 Å². The summed E-state index contributed by atoms with van der Waals surface area (Å²) < 4.78 is 5.40. The van der Waals surface area contributed by atoms with E-state index in [0.29, 0.717) is 6.10 Å². The lowest BCUT2D eigenvalue weighted by molar-refractivity contribution is 0.334. The summed E-state index contributed by atoms with van der Waals surface area (Å²) in [5.41, 5.74) is 0. The molecule has 0 aromatic heterocycles. The first-order valence-corrected chi connectivity index (χ1v) is 10.5. The second kappa shape index (κ2) is 14.5. The van der Waals surface area contributed by atoms with E-state index in [9.17, 15) is 0 Å². The van der Waals surface area contributed by atoms with Crippen LogP contribution in [0.4, 0.5) is 0 Å². The number of unbranched alkanes of at least 4 members (excludes halogenated alkanes) is 10. The Hall–Kier alpha value is -0.0400. The maximum absolute atomic E-state index is 5.40. The summed E-state index contributed by atoms with van der Waals surface area (Å²) >= 11 is 0. The van der Waals surface area contributed by atoms with Crippen molar-refractivity contribution in [2.45, 2.75) is 123 Å². The molecule has 22 heavy (non-hydrogen) atoms. The zero-order chi connectivity index (χ0) is 15.9. The Labute approximate surface area is 140 Å². The molecule has 0 radical (unpaired) electrons. The highest BCUT2D eigenvalue weighted by Gasteiger charge is 2.23. The molecule has 1 aliphatic rings. The maximum atomic E-state index is 5.40. The van der Waals surface area contributed by atoms with Crippen LogP contribution in [0.25, 0.3) is 0 Å². The normalized spacial score (nSPS) is 18.5. The van der Waals surface area contributed by atoms with E-state index < -0.39 is 0 Å². The number of hydrogen-bond acceptors (Lipinski definition) is 1. The average molecular weight is 311 g/mol. The summed E-state index contributed by atoms with van der Waals surface area (Å²) in [7, 11) is 0. The Morgan fingerprint density at radius 1 is 0.682 bits per heavy atom. The SMILES string of the molecule is CCCCCCCCCC(CCCCCCC)CCC1CO1. The van der Waals surface area contributed by atoms with Crippen molar-refractivity contribution < 1.29 is 4.74 Å². The van der Waals surface area contributed by atoms with Gasteiger partial charge < -0.3 is 4.74 Å². The standard InChI is InChI=1S/C21H42O/c1-3-5-7-9-10-12-14-16-20(17-18-21-19-22-21)15-13-11-8-6-4-2/h20-21H,3-19H2,1-2H3. The highest BCUT2D eigenvalue weighted by atomic mass is 16.6. The number of hydrogen-bond donors (Lipinski definition) is 0. The van der Waals surface area contributed by atoms with E-state index in [-0.39, 0.29) is 0 Å². The molecule has 0 aromatic carbocycles. The van der Waals surface area contributed by atoms with Crippen LogP contribution in [-0.2, 0) is 4.74 Å². The molecule has 132 valence electrons. The van der Waals surface area contributed by atoms with Crippen molar-refractivity contribution in [1.29, 1.82) is 0 Å². The van der Waals surface area contributed by atoms with E-state index in [1.807, 2.05) is 0 Å². The van der Waals surface area contributed by atoms with Gasteiger partial charge in [-0.2, -0.15) is 0 Å². The minimum Gasteiger partial charge on any atom is -0.373 e. The Bertz CT molecular complexity index is 222. The topological polar surface area (TPSA) is 12.5 Å². The highest BCUT2D eigenvalue weighted by Crippen LogP contribution is 2.27. The third-order valence-electron chi connectivity index (χ3n) is 5.23. The monoisotopic (exact) mass is 310 g/mol. The van der Waals surface area contributed by atoms with Crippen LogP contribution in [0, 0.1) is 5.92 Å². The molecule has 1 heterocycles. The van der Waals surface area contributed by atoms with Gasteiger partial charge in [0.2, 0.25) is 0 Å². The molecule has 0 saturated carbocycles. The van der Waals surface area contributed by atoms with Gasteiger partial charge >= 0.3 is 0 Å². The van der Waals surface area contributed by atoms with Crippen molar-refractivity contribution >= 4 is 0 Å². The second-order valence-corrected chi connectivity index (χ2v) is 7.51. The molecule has 1 heteroatoms. The Kier molecular flexibility index (Phi) is 13.2. The van der Waals surface area contributed by atoms with Crippen LogP contribution >= 0.6 is 0 Å². The fourth-order valence-corrected chi connectivity index (χ4v) is 3.52. The molecule has 1 fully saturated rings. The van der Waals surface area contributed by atoms with Crippen molar-refractivity contribution in [3.8, 4) is 0 Å². The summed E-state index contributed by atoms with van der Waals surface area (Å²) in [4.78, 5) is 0. The molecular formula is C21H42O. The van der Waals surface area contributed by atoms with Crippen molar-refractivity contribution in [1.82, 2.24) is 0 Å². The lowest BCUT2D eigenvalue weighted by atomic mass is 9.90. The zero-order valence-electron chi connectivity index (χ0n) is 15.6. The van der Waals surface area contributed by atoms with Crippen molar-refractivity contribution in [3.05, 3.63) is 0 Å².